The third-order valence-electron chi connectivity index (χ3n) is 4.07. The van der Waals surface area contributed by atoms with Gasteiger partial charge in [-0.15, -0.1) is 11.3 Å². The van der Waals surface area contributed by atoms with Crippen LogP contribution in [0.25, 0.3) is 10.4 Å². The van der Waals surface area contributed by atoms with Crippen LogP contribution in [-0.2, 0) is 23.9 Å². The number of nitrogens with zero attached hydrogens (tertiary/aromatic N) is 1. The molecule has 1 N–H and O–H groups in total. The van der Waals surface area contributed by atoms with Gasteiger partial charge in [0.2, 0.25) is 5.91 Å². The van der Waals surface area contributed by atoms with E-state index in [1.54, 1.807) is 23.7 Å². The van der Waals surface area contributed by atoms with E-state index in [9.17, 15) is 18.0 Å². The largest absolute Gasteiger partial charge is 0.417 e. The lowest BCUT2D eigenvalue weighted by molar-refractivity contribution is -0.137. The van der Waals surface area contributed by atoms with Crippen LogP contribution >= 0.6 is 22.9 Å². The minimum atomic E-state index is -4.52. The Hall–Kier alpha value is -2.38. The van der Waals surface area contributed by atoms with Crippen molar-refractivity contribution in [1.29, 1.82) is 0 Å². The molecule has 0 fully saturated rings. The van der Waals surface area contributed by atoms with Crippen molar-refractivity contribution >= 4 is 28.8 Å². The van der Waals surface area contributed by atoms with Crippen LogP contribution in [0.15, 0.2) is 54.2 Å². The second-order valence-corrected chi connectivity index (χ2v) is 7.50. The topological polar surface area (TPSA) is 42.0 Å². The molecule has 0 atom stereocenters. The van der Waals surface area contributed by atoms with Crippen molar-refractivity contribution < 1.29 is 18.0 Å². The number of thiophene rings is 1. The Morgan fingerprint density at radius 2 is 1.96 bits per heavy atom. The Kier molecular flexibility index (Phi) is 6.36. The maximum Gasteiger partial charge on any atom is 0.417 e. The maximum atomic E-state index is 12.9. The second kappa shape index (κ2) is 8.75. The summed E-state index contributed by atoms with van der Waals surface area (Å²) in [6, 6.07) is 9.59. The average molecular weight is 425 g/mol. The van der Waals surface area contributed by atoms with Gasteiger partial charge in [-0.3, -0.25) is 9.78 Å². The van der Waals surface area contributed by atoms with Crippen molar-refractivity contribution in [2.24, 2.45) is 0 Å². The van der Waals surface area contributed by atoms with Crippen LogP contribution in [0.2, 0.25) is 5.02 Å². The zero-order valence-electron chi connectivity index (χ0n) is 14.6. The summed E-state index contributed by atoms with van der Waals surface area (Å²) in [5, 5.41) is 4.40. The van der Waals surface area contributed by atoms with Gasteiger partial charge in [0.15, 0.2) is 0 Å². The number of carbonyl (C=O) groups is 1. The molecule has 0 radical (unpaired) electrons. The minimum absolute atomic E-state index is 0.0803. The maximum absolute atomic E-state index is 12.9. The van der Waals surface area contributed by atoms with Gasteiger partial charge >= 0.3 is 6.18 Å². The van der Waals surface area contributed by atoms with Gasteiger partial charge in [0, 0.05) is 35.8 Å². The molecule has 0 aliphatic heterocycles. The first-order valence-electron chi connectivity index (χ1n) is 8.43. The number of nitrogens with one attached hydrogen (secondary N) is 1. The van der Waals surface area contributed by atoms with Crippen LogP contribution in [0.3, 0.4) is 0 Å². The van der Waals surface area contributed by atoms with Gasteiger partial charge in [-0.2, -0.15) is 13.2 Å². The number of carbonyl (C=O) groups excluding carboxylic acids is 1. The Labute approximate surface area is 169 Å². The molecule has 8 heteroatoms. The summed E-state index contributed by atoms with van der Waals surface area (Å²) in [7, 11) is 0. The molecule has 28 heavy (non-hydrogen) atoms. The summed E-state index contributed by atoms with van der Waals surface area (Å²) in [5.74, 6) is -0.245. The van der Waals surface area contributed by atoms with Crippen LogP contribution < -0.4 is 5.32 Å². The van der Waals surface area contributed by atoms with Crippen molar-refractivity contribution in [1.82, 2.24) is 10.3 Å². The Balaban J connectivity index is 1.55. The standard InChI is InChI=1S/C20H16ClF3N2OS/c21-17-5-3-13(9-16(17)20(22,23)24)4-6-19(27)26-11-14-8-15(12-25-10-14)18-2-1-7-28-18/h1-3,5,7-10,12H,4,6,11H2,(H,26,27). The quantitative estimate of drug-likeness (QED) is 0.549. The van der Waals surface area contributed by atoms with E-state index >= 15 is 0 Å². The highest BCUT2D eigenvalue weighted by atomic mass is 35.5. The first-order valence-corrected chi connectivity index (χ1v) is 9.69. The fourth-order valence-corrected chi connectivity index (χ4v) is 3.59. The molecule has 2 aromatic heterocycles. The first-order chi connectivity index (χ1) is 13.3. The highest BCUT2D eigenvalue weighted by Crippen LogP contribution is 2.35. The molecule has 0 aliphatic rings. The van der Waals surface area contributed by atoms with E-state index in [2.05, 4.69) is 10.3 Å². The Bertz CT molecular complexity index is 958. The van der Waals surface area contributed by atoms with Crippen molar-refractivity contribution in [3.8, 4) is 10.4 Å². The molecule has 0 spiro atoms. The summed E-state index contributed by atoms with van der Waals surface area (Å²) < 4.78 is 38.7. The van der Waals surface area contributed by atoms with E-state index in [-0.39, 0.29) is 23.8 Å². The number of pyridine rings is 1. The van der Waals surface area contributed by atoms with Crippen molar-refractivity contribution in [3.05, 3.63) is 75.9 Å². The predicted octanol–water partition coefficient (Wildman–Crippen LogP) is 5.73. The van der Waals surface area contributed by atoms with Gasteiger partial charge in [0.25, 0.3) is 0 Å². The van der Waals surface area contributed by atoms with Gasteiger partial charge in [0.1, 0.15) is 0 Å². The van der Waals surface area contributed by atoms with Crippen LogP contribution in [0.5, 0.6) is 0 Å². The van der Waals surface area contributed by atoms with E-state index in [0.29, 0.717) is 12.1 Å². The monoisotopic (exact) mass is 424 g/mol. The van der Waals surface area contributed by atoms with Crippen LogP contribution in [0.4, 0.5) is 13.2 Å². The van der Waals surface area contributed by atoms with Gasteiger partial charge < -0.3 is 5.32 Å². The van der Waals surface area contributed by atoms with E-state index in [0.717, 1.165) is 22.1 Å². The smallest absolute Gasteiger partial charge is 0.352 e. The summed E-state index contributed by atoms with van der Waals surface area (Å²) in [6.45, 7) is 0.305. The molecule has 1 amide bonds. The SMILES string of the molecule is O=C(CCc1ccc(Cl)c(C(F)(F)F)c1)NCc1cncc(-c2cccs2)c1. The summed E-state index contributed by atoms with van der Waals surface area (Å²) in [5.41, 5.74) is 1.35. The Morgan fingerprint density at radius 1 is 1.14 bits per heavy atom. The number of aryl methyl sites for hydroxylation is 1. The van der Waals surface area contributed by atoms with E-state index < -0.39 is 11.7 Å². The van der Waals surface area contributed by atoms with Crippen LogP contribution in [-0.4, -0.2) is 10.9 Å². The molecule has 1 aromatic carbocycles. The number of benzene rings is 1. The first kappa shape index (κ1) is 20.4. The normalized spacial score (nSPS) is 11.4. The molecule has 3 nitrogen and oxygen atoms in total. The molecule has 146 valence electrons. The number of hydrogen-bond donors (Lipinski definition) is 1. The molecular weight excluding hydrogens is 409 g/mol. The summed E-state index contributed by atoms with van der Waals surface area (Å²) in [6.07, 6.45) is -0.811. The predicted molar refractivity (Wildman–Crippen MR) is 104 cm³/mol. The van der Waals surface area contributed by atoms with Crippen molar-refractivity contribution in [2.75, 3.05) is 0 Å². The van der Waals surface area contributed by atoms with Crippen LogP contribution in [0.1, 0.15) is 23.1 Å². The molecule has 0 bridgehead atoms. The lowest BCUT2D eigenvalue weighted by Gasteiger charge is -2.11. The van der Waals surface area contributed by atoms with Crippen molar-refractivity contribution in [3.63, 3.8) is 0 Å². The number of alkyl halides is 3. The second-order valence-electron chi connectivity index (χ2n) is 6.15. The number of aromatic nitrogens is 1. The molecule has 0 saturated carbocycles. The summed E-state index contributed by atoms with van der Waals surface area (Å²) >= 11 is 7.21. The molecule has 0 saturated heterocycles. The number of amides is 1. The third kappa shape index (κ3) is 5.33. The minimum Gasteiger partial charge on any atom is -0.352 e. The van der Waals surface area contributed by atoms with E-state index in [1.165, 1.54) is 12.1 Å². The van der Waals surface area contributed by atoms with Gasteiger partial charge in [0.05, 0.1) is 10.6 Å². The number of hydrogen-bond acceptors (Lipinski definition) is 3. The summed E-state index contributed by atoms with van der Waals surface area (Å²) in [4.78, 5) is 17.4. The zero-order valence-corrected chi connectivity index (χ0v) is 16.2. The molecular formula is C20H16ClF3N2OS. The molecule has 2 heterocycles. The van der Waals surface area contributed by atoms with Crippen LogP contribution in [0, 0.1) is 0 Å². The highest BCUT2D eigenvalue weighted by Gasteiger charge is 2.33. The van der Waals surface area contributed by atoms with Gasteiger partial charge in [-0.1, -0.05) is 23.7 Å². The zero-order chi connectivity index (χ0) is 20.1. The molecule has 3 aromatic rings. The molecule has 0 aliphatic carbocycles. The lowest BCUT2D eigenvalue weighted by Crippen LogP contribution is -2.23. The number of rotatable bonds is 6. The van der Waals surface area contributed by atoms with Gasteiger partial charge in [-0.05, 0) is 47.2 Å². The number of halogens is 4. The van der Waals surface area contributed by atoms with E-state index in [4.69, 9.17) is 11.6 Å². The molecule has 3 rings (SSSR count). The molecule has 0 unspecified atom stereocenters. The lowest BCUT2D eigenvalue weighted by atomic mass is 10.1. The van der Waals surface area contributed by atoms with Gasteiger partial charge in [-0.25, -0.2) is 0 Å². The highest BCUT2D eigenvalue weighted by molar-refractivity contribution is 7.13. The fraction of sp³-hybridized carbons (Fsp3) is 0.200. The third-order valence-corrected chi connectivity index (χ3v) is 5.32. The van der Waals surface area contributed by atoms with E-state index in [1.807, 2.05) is 23.6 Å². The Morgan fingerprint density at radius 3 is 2.68 bits per heavy atom. The van der Waals surface area contributed by atoms with Crippen molar-refractivity contribution in [2.45, 2.75) is 25.6 Å². The fourth-order valence-electron chi connectivity index (χ4n) is 2.65. The average Bonchev–Trinajstić information content (AvgIpc) is 3.20.